The summed E-state index contributed by atoms with van der Waals surface area (Å²) in [5.41, 5.74) is 3.67. The summed E-state index contributed by atoms with van der Waals surface area (Å²) >= 11 is 0. The lowest BCUT2D eigenvalue weighted by atomic mass is 9.77. The second kappa shape index (κ2) is 8.72. The van der Waals surface area contributed by atoms with Crippen molar-refractivity contribution in [2.45, 2.75) is 86.0 Å². The maximum Gasteiger partial charge on any atom is 0.351 e. The minimum Gasteiger partial charge on any atom is -0.458 e. The van der Waals surface area contributed by atoms with E-state index in [4.69, 9.17) is 14.2 Å². The van der Waals surface area contributed by atoms with Crippen LogP contribution in [0.25, 0.3) is 0 Å². The number of hydrogen-bond donors (Lipinski definition) is 0. The van der Waals surface area contributed by atoms with Gasteiger partial charge in [0, 0.05) is 23.5 Å². The van der Waals surface area contributed by atoms with Gasteiger partial charge in [-0.15, -0.1) is 0 Å². The first kappa shape index (κ1) is 24.0. The standard InChI is InChI=1S/C26H34O6/c1-9-14(4)23(27)32-26(8)21-19(30-24(28)17(7)13(2)3)12-16(6)18-11-10-15(5)20(18)22(21)31-25(26)29/h9-10,19-22H,11-12H2,1-8H3/b14-9+/t19-,20+,21+,22+,26-/m0/s1. The third-order valence-corrected chi connectivity index (χ3v) is 7.31. The molecular formula is C26H34O6. The lowest BCUT2D eigenvalue weighted by molar-refractivity contribution is -0.175. The third-order valence-electron chi connectivity index (χ3n) is 7.31. The van der Waals surface area contributed by atoms with Crippen molar-refractivity contribution in [2.75, 3.05) is 0 Å². The van der Waals surface area contributed by atoms with E-state index in [1.54, 1.807) is 33.8 Å². The van der Waals surface area contributed by atoms with Crippen molar-refractivity contribution in [2.24, 2.45) is 11.8 Å². The summed E-state index contributed by atoms with van der Waals surface area (Å²) in [5.74, 6) is -2.32. The molecule has 6 heteroatoms. The highest BCUT2D eigenvalue weighted by Gasteiger charge is 2.64. The van der Waals surface area contributed by atoms with E-state index in [9.17, 15) is 14.4 Å². The molecule has 0 radical (unpaired) electrons. The van der Waals surface area contributed by atoms with Gasteiger partial charge in [-0.05, 0) is 61.8 Å². The number of carbonyl (C=O) groups excluding carboxylic acids is 3. The smallest absolute Gasteiger partial charge is 0.351 e. The zero-order valence-corrected chi connectivity index (χ0v) is 20.3. The molecule has 0 N–H and O–H groups in total. The summed E-state index contributed by atoms with van der Waals surface area (Å²) in [6.45, 7) is 14.5. The van der Waals surface area contributed by atoms with Crippen molar-refractivity contribution >= 4 is 17.9 Å². The van der Waals surface area contributed by atoms with Gasteiger partial charge in [-0.1, -0.05) is 34.4 Å². The average molecular weight is 443 g/mol. The molecule has 32 heavy (non-hydrogen) atoms. The maximum absolute atomic E-state index is 13.2. The van der Waals surface area contributed by atoms with Gasteiger partial charge >= 0.3 is 17.9 Å². The molecule has 1 heterocycles. The molecule has 0 spiro atoms. The molecule has 3 aliphatic rings. The molecule has 0 saturated carbocycles. The van der Waals surface area contributed by atoms with Crippen molar-refractivity contribution in [1.82, 2.24) is 0 Å². The minimum absolute atomic E-state index is 0.0967. The van der Waals surface area contributed by atoms with Crippen LogP contribution < -0.4 is 0 Å². The second-order valence-corrected chi connectivity index (χ2v) is 9.57. The van der Waals surface area contributed by atoms with Gasteiger partial charge in [0.15, 0.2) is 0 Å². The number of rotatable bonds is 4. The van der Waals surface area contributed by atoms with Crippen LogP contribution in [0.4, 0.5) is 0 Å². The fourth-order valence-electron chi connectivity index (χ4n) is 4.91. The average Bonchev–Trinajstić information content (AvgIpc) is 3.19. The number of ether oxygens (including phenoxy) is 3. The largest absolute Gasteiger partial charge is 0.458 e. The molecule has 1 saturated heterocycles. The van der Waals surface area contributed by atoms with E-state index in [0.29, 0.717) is 17.6 Å². The monoisotopic (exact) mass is 442 g/mol. The van der Waals surface area contributed by atoms with Crippen LogP contribution in [0.15, 0.2) is 45.6 Å². The second-order valence-electron chi connectivity index (χ2n) is 9.57. The molecule has 0 unspecified atom stereocenters. The third kappa shape index (κ3) is 3.96. The number of hydrogen-bond acceptors (Lipinski definition) is 6. The summed E-state index contributed by atoms with van der Waals surface area (Å²) in [5, 5.41) is 0. The quantitative estimate of drug-likeness (QED) is 0.271. The molecule has 3 rings (SSSR count). The minimum atomic E-state index is -1.56. The lowest BCUT2D eigenvalue weighted by Gasteiger charge is -2.35. The molecule has 1 aliphatic heterocycles. The molecule has 6 nitrogen and oxygen atoms in total. The summed E-state index contributed by atoms with van der Waals surface area (Å²) in [7, 11) is 0. The number of allylic oxidation sites excluding steroid dienone is 3. The van der Waals surface area contributed by atoms with Crippen LogP contribution in [0, 0.1) is 11.8 Å². The van der Waals surface area contributed by atoms with Gasteiger partial charge in [-0.3, -0.25) is 0 Å². The summed E-state index contributed by atoms with van der Waals surface area (Å²) in [6, 6.07) is 0. The summed E-state index contributed by atoms with van der Waals surface area (Å²) in [6.07, 6.45) is 3.80. The molecule has 1 fully saturated rings. The molecular weight excluding hydrogens is 408 g/mol. The lowest BCUT2D eigenvalue weighted by Crippen LogP contribution is -2.50. The molecule has 0 amide bonds. The van der Waals surface area contributed by atoms with Crippen LogP contribution in [0.1, 0.15) is 68.2 Å². The van der Waals surface area contributed by atoms with E-state index in [2.05, 4.69) is 6.08 Å². The van der Waals surface area contributed by atoms with Crippen LogP contribution in [0.3, 0.4) is 0 Å². The Kier molecular flexibility index (Phi) is 6.55. The van der Waals surface area contributed by atoms with Gasteiger partial charge in [0.1, 0.15) is 12.2 Å². The van der Waals surface area contributed by atoms with Gasteiger partial charge in [0.05, 0.1) is 5.92 Å². The van der Waals surface area contributed by atoms with Gasteiger partial charge in [0.2, 0.25) is 5.60 Å². The number of fused-ring (bicyclic) bond motifs is 3. The number of esters is 3. The van der Waals surface area contributed by atoms with Crippen LogP contribution in [0.2, 0.25) is 0 Å². The van der Waals surface area contributed by atoms with Crippen molar-refractivity contribution in [1.29, 1.82) is 0 Å². The first-order valence-electron chi connectivity index (χ1n) is 11.2. The molecule has 174 valence electrons. The van der Waals surface area contributed by atoms with Crippen LogP contribution in [-0.4, -0.2) is 35.7 Å². The highest BCUT2D eigenvalue weighted by molar-refractivity contribution is 5.92. The zero-order chi connectivity index (χ0) is 24.0. The van der Waals surface area contributed by atoms with Crippen LogP contribution in [0.5, 0.6) is 0 Å². The fraction of sp³-hybridized carbons (Fsp3) is 0.577. The summed E-state index contributed by atoms with van der Waals surface area (Å²) < 4.78 is 17.7. The normalized spacial score (nSPS) is 31.8. The Balaban J connectivity index is 2.09. The molecule has 5 atom stereocenters. The Labute approximate surface area is 190 Å². The predicted molar refractivity (Wildman–Crippen MR) is 120 cm³/mol. The van der Waals surface area contributed by atoms with Crippen molar-refractivity contribution < 1.29 is 28.6 Å². The van der Waals surface area contributed by atoms with Gasteiger partial charge in [-0.2, -0.15) is 0 Å². The molecule has 0 aromatic carbocycles. The van der Waals surface area contributed by atoms with Crippen molar-refractivity contribution in [3.05, 3.63) is 45.6 Å². The SMILES string of the molecule is C/C=C(\C)C(=O)O[C@]1(C)C(=O)O[C@@H]2[C@@H]3C(C)=CCC3=C(C)C[C@H](OC(=O)C(C)=C(C)C)[C@H]21. The van der Waals surface area contributed by atoms with Crippen LogP contribution in [-0.2, 0) is 28.6 Å². The first-order valence-corrected chi connectivity index (χ1v) is 11.2. The fourth-order valence-corrected chi connectivity index (χ4v) is 4.91. The highest BCUT2D eigenvalue weighted by Crippen LogP contribution is 2.52. The van der Waals surface area contributed by atoms with E-state index in [1.165, 1.54) is 5.57 Å². The van der Waals surface area contributed by atoms with E-state index < -0.39 is 41.6 Å². The van der Waals surface area contributed by atoms with Gasteiger partial charge in [0.25, 0.3) is 0 Å². The Morgan fingerprint density at radius 1 is 1.16 bits per heavy atom. The highest BCUT2D eigenvalue weighted by atomic mass is 16.6. The van der Waals surface area contributed by atoms with Crippen molar-refractivity contribution in [3.63, 3.8) is 0 Å². The van der Waals surface area contributed by atoms with Crippen molar-refractivity contribution in [3.8, 4) is 0 Å². The van der Waals surface area contributed by atoms with Gasteiger partial charge < -0.3 is 14.2 Å². The van der Waals surface area contributed by atoms with E-state index in [0.717, 1.165) is 23.1 Å². The summed E-state index contributed by atoms with van der Waals surface area (Å²) in [4.78, 5) is 38.7. The van der Waals surface area contributed by atoms with E-state index >= 15 is 0 Å². The Morgan fingerprint density at radius 3 is 2.41 bits per heavy atom. The predicted octanol–water partition coefficient (Wildman–Crippen LogP) is 4.75. The Hall–Kier alpha value is -2.63. The zero-order valence-electron chi connectivity index (χ0n) is 20.3. The Bertz CT molecular complexity index is 974. The topological polar surface area (TPSA) is 78.9 Å². The molecule has 0 aromatic rings. The maximum atomic E-state index is 13.2. The molecule has 0 bridgehead atoms. The van der Waals surface area contributed by atoms with Gasteiger partial charge in [-0.25, -0.2) is 14.4 Å². The molecule has 2 aliphatic carbocycles. The number of carbonyl (C=O) groups is 3. The molecule has 0 aromatic heterocycles. The van der Waals surface area contributed by atoms with Crippen LogP contribution >= 0.6 is 0 Å². The van der Waals surface area contributed by atoms with E-state index in [1.807, 2.05) is 27.7 Å². The first-order chi connectivity index (χ1) is 14.9. The Morgan fingerprint density at radius 2 is 1.81 bits per heavy atom. The van der Waals surface area contributed by atoms with E-state index in [-0.39, 0.29) is 5.92 Å².